The second-order valence-electron chi connectivity index (χ2n) is 5.45. The van der Waals surface area contributed by atoms with E-state index in [1.165, 1.54) is 5.56 Å². The lowest BCUT2D eigenvalue weighted by molar-refractivity contribution is -0.123. The van der Waals surface area contributed by atoms with E-state index in [4.69, 9.17) is 5.73 Å². The molecule has 1 amide bonds. The highest BCUT2D eigenvalue weighted by atomic mass is 16.2. The Kier molecular flexibility index (Phi) is 4.59. The largest absolute Gasteiger partial charge is 0.330 e. The molecule has 0 bridgehead atoms. The van der Waals surface area contributed by atoms with Gasteiger partial charge in [-0.15, -0.1) is 0 Å². The highest BCUT2D eigenvalue weighted by Gasteiger charge is 2.33. The van der Waals surface area contributed by atoms with E-state index in [0.717, 1.165) is 31.4 Å². The Balaban J connectivity index is 2.09. The second-order valence-corrected chi connectivity index (χ2v) is 5.45. The summed E-state index contributed by atoms with van der Waals surface area (Å²) in [6.07, 6.45) is 4.23. The smallest absolute Gasteiger partial charge is 0.230 e. The number of aryl methyl sites for hydroxylation is 1. The first-order valence-corrected chi connectivity index (χ1v) is 7.24. The minimum Gasteiger partial charge on any atom is -0.330 e. The van der Waals surface area contributed by atoms with Crippen LogP contribution in [0.4, 0.5) is 5.69 Å². The molecule has 2 rings (SSSR count). The molecule has 104 valence electrons. The molecule has 19 heavy (non-hydrogen) atoms. The van der Waals surface area contributed by atoms with Crippen LogP contribution < -0.4 is 10.6 Å². The third-order valence-corrected chi connectivity index (χ3v) is 4.34. The molecule has 1 aromatic carbocycles. The Hall–Kier alpha value is -1.35. The van der Waals surface area contributed by atoms with Crippen LogP contribution in [-0.2, 0) is 11.2 Å². The van der Waals surface area contributed by atoms with Crippen LogP contribution in [0.15, 0.2) is 24.3 Å². The predicted octanol–water partition coefficient (Wildman–Crippen LogP) is 2.59. The summed E-state index contributed by atoms with van der Waals surface area (Å²) in [6, 6.07) is 8.24. The Morgan fingerprint density at radius 2 is 2.00 bits per heavy atom. The average Bonchev–Trinajstić information content (AvgIpc) is 2.94. The third-order valence-electron chi connectivity index (χ3n) is 4.34. The van der Waals surface area contributed by atoms with E-state index >= 15 is 0 Å². The van der Waals surface area contributed by atoms with Gasteiger partial charge in [0.25, 0.3) is 0 Å². The summed E-state index contributed by atoms with van der Waals surface area (Å²) in [6.45, 7) is 2.76. The third kappa shape index (κ3) is 2.98. The van der Waals surface area contributed by atoms with Crippen LogP contribution in [0.2, 0.25) is 0 Å². The molecular weight excluding hydrogens is 236 g/mol. The summed E-state index contributed by atoms with van der Waals surface area (Å²) in [4.78, 5) is 14.3. The van der Waals surface area contributed by atoms with E-state index in [2.05, 4.69) is 19.1 Å². The van der Waals surface area contributed by atoms with Crippen molar-refractivity contribution < 1.29 is 4.79 Å². The summed E-state index contributed by atoms with van der Waals surface area (Å²) >= 11 is 0. The maximum atomic E-state index is 12.5. The molecular formula is C16H24N2O. The molecule has 0 saturated heterocycles. The van der Waals surface area contributed by atoms with Crippen LogP contribution in [0.1, 0.15) is 31.7 Å². The number of carbonyl (C=O) groups is 1. The van der Waals surface area contributed by atoms with Gasteiger partial charge in [0.15, 0.2) is 0 Å². The molecule has 0 aromatic heterocycles. The predicted molar refractivity (Wildman–Crippen MR) is 79.1 cm³/mol. The van der Waals surface area contributed by atoms with Crippen molar-refractivity contribution in [3.8, 4) is 0 Å². The van der Waals surface area contributed by atoms with Gasteiger partial charge in [-0.2, -0.15) is 0 Å². The summed E-state index contributed by atoms with van der Waals surface area (Å²) in [5.41, 5.74) is 8.04. The first kappa shape index (κ1) is 14.1. The molecule has 0 aliphatic heterocycles. The molecule has 1 fully saturated rings. The van der Waals surface area contributed by atoms with E-state index in [-0.39, 0.29) is 11.8 Å². The summed E-state index contributed by atoms with van der Waals surface area (Å²) in [5.74, 6) is 0.697. The van der Waals surface area contributed by atoms with Crippen molar-refractivity contribution in [3.63, 3.8) is 0 Å². The fourth-order valence-electron chi connectivity index (χ4n) is 2.98. The lowest BCUT2D eigenvalue weighted by Gasteiger charge is -2.24. The number of benzene rings is 1. The van der Waals surface area contributed by atoms with Crippen molar-refractivity contribution >= 4 is 11.6 Å². The van der Waals surface area contributed by atoms with Gasteiger partial charge in [-0.1, -0.05) is 25.5 Å². The van der Waals surface area contributed by atoms with Crippen LogP contribution >= 0.6 is 0 Å². The highest BCUT2D eigenvalue weighted by Crippen LogP contribution is 2.33. The first-order chi connectivity index (χ1) is 9.17. The zero-order valence-electron chi connectivity index (χ0n) is 11.9. The number of nitrogens with zero attached hydrogens (tertiary/aromatic N) is 1. The molecule has 0 radical (unpaired) electrons. The molecule has 2 N–H and O–H groups in total. The van der Waals surface area contributed by atoms with E-state index in [0.29, 0.717) is 12.5 Å². The zero-order valence-corrected chi connectivity index (χ0v) is 11.9. The summed E-state index contributed by atoms with van der Waals surface area (Å²) < 4.78 is 0. The van der Waals surface area contributed by atoms with Gasteiger partial charge in [-0.05, 0) is 49.4 Å². The minimum atomic E-state index is 0.112. The number of carbonyl (C=O) groups excluding carboxylic acids is 1. The van der Waals surface area contributed by atoms with Gasteiger partial charge >= 0.3 is 0 Å². The fourth-order valence-corrected chi connectivity index (χ4v) is 2.98. The normalized spacial score (nSPS) is 22.5. The number of amides is 1. The molecule has 1 aliphatic carbocycles. The standard InChI is InChI=1S/C16H24N2O/c1-3-12-7-9-14(10-8-12)18(2)16(19)15-6-4-5-13(15)11-17/h7-10,13,15H,3-6,11,17H2,1-2H3. The van der Waals surface area contributed by atoms with Gasteiger partial charge in [0, 0.05) is 18.7 Å². The van der Waals surface area contributed by atoms with Crippen LogP contribution in [0.3, 0.4) is 0 Å². The van der Waals surface area contributed by atoms with Gasteiger partial charge in [0.2, 0.25) is 5.91 Å². The van der Waals surface area contributed by atoms with Crippen LogP contribution in [0.5, 0.6) is 0 Å². The van der Waals surface area contributed by atoms with E-state index in [1.807, 2.05) is 19.2 Å². The van der Waals surface area contributed by atoms with Crippen molar-refractivity contribution in [2.75, 3.05) is 18.5 Å². The van der Waals surface area contributed by atoms with Crippen molar-refractivity contribution in [2.24, 2.45) is 17.6 Å². The van der Waals surface area contributed by atoms with Gasteiger partial charge in [-0.3, -0.25) is 4.79 Å². The van der Waals surface area contributed by atoms with Crippen molar-refractivity contribution in [1.29, 1.82) is 0 Å². The Morgan fingerprint density at radius 3 is 2.58 bits per heavy atom. The minimum absolute atomic E-state index is 0.112. The lowest BCUT2D eigenvalue weighted by atomic mass is 9.94. The van der Waals surface area contributed by atoms with Crippen LogP contribution in [0, 0.1) is 11.8 Å². The maximum absolute atomic E-state index is 12.5. The van der Waals surface area contributed by atoms with Crippen molar-refractivity contribution in [2.45, 2.75) is 32.6 Å². The molecule has 1 aromatic rings. The van der Waals surface area contributed by atoms with Gasteiger partial charge < -0.3 is 10.6 Å². The summed E-state index contributed by atoms with van der Waals surface area (Å²) in [7, 11) is 1.87. The number of hydrogen-bond donors (Lipinski definition) is 1. The number of nitrogens with two attached hydrogens (primary N) is 1. The Bertz CT molecular complexity index is 427. The number of anilines is 1. The molecule has 1 saturated carbocycles. The van der Waals surface area contributed by atoms with E-state index < -0.39 is 0 Å². The SMILES string of the molecule is CCc1ccc(N(C)C(=O)C2CCCC2CN)cc1. The quantitative estimate of drug-likeness (QED) is 0.904. The monoisotopic (exact) mass is 260 g/mol. The average molecular weight is 260 g/mol. The molecule has 2 atom stereocenters. The van der Waals surface area contributed by atoms with E-state index in [1.54, 1.807) is 4.90 Å². The van der Waals surface area contributed by atoms with Crippen LogP contribution in [0.25, 0.3) is 0 Å². The molecule has 3 heteroatoms. The topological polar surface area (TPSA) is 46.3 Å². The Morgan fingerprint density at radius 1 is 1.32 bits per heavy atom. The fraction of sp³-hybridized carbons (Fsp3) is 0.562. The van der Waals surface area contributed by atoms with Gasteiger partial charge in [0.1, 0.15) is 0 Å². The lowest BCUT2D eigenvalue weighted by Crippen LogP contribution is -2.36. The molecule has 2 unspecified atom stereocenters. The zero-order chi connectivity index (χ0) is 13.8. The molecule has 3 nitrogen and oxygen atoms in total. The van der Waals surface area contributed by atoms with E-state index in [9.17, 15) is 4.79 Å². The van der Waals surface area contributed by atoms with Crippen molar-refractivity contribution in [1.82, 2.24) is 0 Å². The molecule has 1 aliphatic rings. The maximum Gasteiger partial charge on any atom is 0.230 e. The van der Waals surface area contributed by atoms with Crippen molar-refractivity contribution in [3.05, 3.63) is 29.8 Å². The summed E-state index contributed by atoms with van der Waals surface area (Å²) in [5, 5.41) is 0. The molecule has 0 spiro atoms. The first-order valence-electron chi connectivity index (χ1n) is 7.24. The highest BCUT2D eigenvalue weighted by molar-refractivity contribution is 5.94. The number of rotatable bonds is 4. The number of hydrogen-bond acceptors (Lipinski definition) is 2. The van der Waals surface area contributed by atoms with Gasteiger partial charge in [0.05, 0.1) is 0 Å². The molecule has 0 heterocycles. The second kappa shape index (κ2) is 6.20. The Labute approximate surface area is 115 Å². The van der Waals surface area contributed by atoms with Crippen LogP contribution in [-0.4, -0.2) is 19.5 Å². The van der Waals surface area contributed by atoms with Gasteiger partial charge in [-0.25, -0.2) is 0 Å².